The van der Waals surface area contributed by atoms with Crippen LogP contribution in [0.25, 0.3) is 0 Å². The van der Waals surface area contributed by atoms with Gasteiger partial charge in [0.05, 0.1) is 19.3 Å². The number of esters is 2. The number of ether oxygens (including phenoxy) is 2. The molecule has 0 aromatic carbocycles. The van der Waals surface area contributed by atoms with Gasteiger partial charge in [0.25, 0.3) is 5.91 Å². The molecular weight excluding hydrogens is 332 g/mol. The summed E-state index contributed by atoms with van der Waals surface area (Å²) in [6, 6.07) is 3.08. The fraction of sp³-hybridized carbons (Fsp3) is 0.250. The van der Waals surface area contributed by atoms with Gasteiger partial charge in [-0.05, 0) is 31.5 Å². The number of amides is 1. The van der Waals surface area contributed by atoms with E-state index in [0.717, 1.165) is 11.3 Å². The maximum Gasteiger partial charge on any atom is 0.348 e. The summed E-state index contributed by atoms with van der Waals surface area (Å²) >= 11 is 0.978. The third-order valence-electron chi connectivity index (χ3n) is 3.17. The van der Waals surface area contributed by atoms with Gasteiger partial charge < -0.3 is 14.8 Å². The van der Waals surface area contributed by atoms with E-state index in [9.17, 15) is 14.4 Å². The summed E-state index contributed by atoms with van der Waals surface area (Å²) < 4.78 is 9.73. The molecule has 0 aliphatic carbocycles. The molecule has 2 rings (SSSR count). The number of methoxy groups -OCH3 is 1. The van der Waals surface area contributed by atoms with Crippen molar-refractivity contribution in [3.63, 3.8) is 0 Å². The summed E-state index contributed by atoms with van der Waals surface area (Å²) in [5.74, 6) is -1.60. The number of hydrogen-bond donors (Lipinski definition) is 1. The van der Waals surface area contributed by atoms with Gasteiger partial charge in [0.2, 0.25) is 0 Å². The minimum absolute atomic E-state index is 0.146. The highest BCUT2D eigenvalue weighted by Crippen LogP contribution is 2.34. The molecule has 7 nitrogen and oxygen atoms in total. The van der Waals surface area contributed by atoms with Crippen molar-refractivity contribution in [2.45, 2.75) is 13.8 Å². The van der Waals surface area contributed by atoms with Crippen LogP contribution in [0.2, 0.25) is 0 Å². The van der Waals surface area contributed by atoms with Crippen LogP contribution < -0.4 is 5.32 Å². The predicted molar refractivity (Wildman–Crippen MR) is 88.5 cm³/mol. The lowest BCUT2D eigenvalue weighted by Gasteiger charge is -2.05. The lowest BCUT2D eigenvalue weighted by molar-refractivity contribution is 0.0531. The van der Waals surface area contributed by atoms with Crippen molar-refractivity contribution in [1.29, 1.82) is 0 Å². The van der Waals surface area contributed by atoms with Gasteiger partial charge in [-0.15, -0.1) is 11.3 Å². The number of carbonyl (C=O) groups excluding carboxylic acids is 3. The van der Waals surface area contributed by atoms with Crippen LogP contribution >= 0.6 is 11.3 Å². The van der Waals surface area contributed by atoms with Crippen molar-refractivity contribution < 1.29 is 23.9 Å². The second kappa shape index (κ2) is 7.69. The minimum atomic E-state index is -0.635. The molecule has 0 aliphatic rings. The average Bonchev–Trinajstić information content (AvgIpc) is 2.91. The lowest BCUT2D eigenvalue weighted by atomic mass is 10.1. The molecule has 24 heavy (non-hydrogen) atoms. The summed E-state index contributed by atoms with van der Waals surface area (Å²) in [6.07, 6.45) is 2.97. The molecule has 2 heterocycles. The van der Waals surface area contributed by atoms with Gasteiger partial charge in [-0.25, -0.2) is 9.59 Å². The van der Waals surface area contributed by atoms with Crippen LogP contribution in [0, 0.1) is 6.92 Å². The first-order chi connectivity index (χ1) is 11.5. The molecule has 8 heteroatoms. The molecular formula is C16H16N2O5S. The number of aromatic nitrogens is 1. The van der Waals surface area contributed by atoms with Crippen LogP contribution in [0.15, 0.2) is 24.5 Å². The summed E-state index contributed by atoms with van der Waals surface area (Å²) in [5, 5.41) is 2.88. The summed E-state index contributed by atoms with van der Waals surface area (Å²) in [4.78, 5) is 40.4. The van der Waals surface area contributed by atoms with E-state index < -0.39 is 17.8 Å². The Bertz CT molecular complexity index is 770. The zero-order valence-corrected chi connectivity index (χ0v) is 14.2. The predicted octanol–water partition coefficient (Wildman–Crippen LogP) is 2.67. The van der Waals surface area contributed by atoms with Crippen LogP contribution in [0.3, 0.4) is 0 Å². The van der Waals surface area contributed by atoms with Crippen molar-refractivity contribution in [2.75, 3.05) is 19.0 Å². The smallest absolute Gasteiger partial charge is 0.348 e. The second-order valence-corrected chi connectivity index (χ2v) is 5.68. The molecule has 0 saturated carbocycles. The van der Waals surface area contributed by atoms with E-state index in [-0.39, 0.29) is 22.0 Å². The minimum Gasteiger partial charge on any atom is -0.465 e. The quantitative estimate of drug-likeness (QED) is 0.835. The molecule has 0 saturated heterocycles. The molecule has 1 amide bonds. The van der Waals surface area contributed by atoms with Crippen molar-refractivity contribution in [3.8, 4) is 0 Å². The van der Waals surface area contributed by atoms with Gasteiger partial charge in [0, 0.05) is 18.0 Å². The van der Waals surface area contributed by atoms with Crippen molar-refractivity contribution in [2.24, 2.45) is 0 Å². The highest BCUT2D eigenvalue weighted by Gasteiger charge is 2.27. The molecule has 2 aromatic rings. The molecule has 2 aromatic heterocycles. The van der Waals surface area contributed by atoms with Crippen LogP contribution in [0.4, 0.5) is 5.00 Å². The van der Waals surface area contributed by atoms with Crippen molar-refractivity contribution >= 4 is 34.2 Å². The van der Waals surface area contributed by atoms with Crippen LogP contribution in [-0.2, 0) is 9.47 Å². The molecule has 0 bridgehead atoms. The van der Waals surface area contributed by atoms with Gasteiger partial charge in [0.15, 0.2) is 0 Å². The molecule has 0 atom stereocenters. The maximum atomic E-state index is 12.3. The van der Waals surface area contributed by atoms with E-state index in [2.05, 4.69) is 10.3 Å². The zero-order valence-electron chi connectivity index (χ0n) is 13.4. The molecule has 1 N–H and O–H groups in total. The largest absolute Gasteiger partial charge is 0.465 e. The normalized spacial score (nSPS) is 10.1. The van der Waals surface area contributed by atoms with E-state index in [1.54, 1.807) is 26.0 Å². The Morgan fingerprint density at radius 3 is 2.46 bits per heavy atom. The number of nitrogens with zero attached hydrogens (tertiary/aromatic N) is 1. The van der Waals surface area contributed by atoms with Gasteiger partial charge in [-0.1, -0.05) is 0 Å². The Kier molecular flexibility index (Phi) is 5.64. The highest BCUT2D eigenvalue weighted by atomic mass is 32.1. The molecule has 126 valence electrons. The topological polar surface area (TPSA) is 94.6 Å². The van der Waals surface area contributed by atoms with Crippen molar-refractivity contribution in [3.05, 3.63) is 46.1 Å². The number of nitrogens with one attached hydrogen (secondary N) is 1. The Labute approximate surface area is 142 Å². The second-order valence-electron chi connectivity index (χ2n) is 4.66. The van der Waals surface area contributed by atoms with E-state index in [1.807, 2.05) is 0 Å². The van der Waals surface area contributed by atoms with Crippen LogP contribution in [0.5, 0.6) is 0 Å². The number of pyridine rings is 1. The van der Waals surface area contributed by atoms with E-state index in [0.29, 0.717) is 11.1 Å². The molecule has 0 unspecified atom stereocenters. The average molecular weight is 348 g/mol. The van der Waals surface area contributed by atoms with Gasteiger partial charge >= 0.3 is 11.9 Å². The first-order valence-electron chi connectivity index (χ1n) is 7.09. The number of rotatable bonds is 5. The zero-order chi connectivity index (χ0) is 17.7. The van der Waals surface area contributed by atoms with E-state index in [4.69, 9.17) is 9.47 Å². The fourth-order valence-corrected chi connectivity index (χ4v) is 3.10. The molecule has 0 radical (unpaired) electrons. The number of anilines is 1. The molecule has 0 spiro atoms. The Morgan fingerprint density at radius 1 is 1.21 bits per heavy atom. The third kappa shape index (κ3) is 3.60. The molecule has 0 fully saturated rings. The van der Waals surface area contributed by atoms with E-state index in [1.165, 1.54) is 19.5 Å². The SMILES string of the molecule is CCOC(=O)c1sc(NC(=O)c2ccncc2)c(C(=O)OC)c1C. The van der Waals surface area contributed by atoms with E-state index >= 15 is 0 Å². The molecule has 0 aliphatic heterocycles. The third-order valence-corrected chi connectivity index (χ3v) is 4.35. The van der Waals surface area contributed by atoms with Gasteiger partial charge in [0.1, 0.15) is 9.88 Å². The maximum absolute atomic E-state index is 12.3. The summed E-state index contributed by atoms with van der Waals surface area (Å²) in [7, 11) is 1.23. The fourth-order valence-electron chi connectivity index (χ4n) is 2.02. The Balaban J connectivity index is 2.41. The van der Waals surface area contributed by atoms with Crippen molar-refractivity contribution in [1.82, 2.24) is 4.98 Å². The standard InChI is InChI=1S/C16H16N2O5S/c1-4-23-16(21)12-9(2)11(15(20)22-3)14(24-12)18-13(19)10-5-7-17-8-6-10/h5-8H,4H2,1-3H3,(H,18,19). The number of carbonyl (C=O) groups is 3. The summed E-state index contributed by atoms with van der Waals surface area (Å²) in [6.45, 7) is 3.51. The number of thiophene rings is 1. The summed E-state index contributed by atoms with van der Waals surface area (Å²) in [5.41, 5.74) is 0.938. The van der Waals surface area contributed by atoms with Gasteiger partial charge in [-0.2, -0.15) is 0 Å². The van der Waals surface area contributed by atoms with Gasteiger partial charge in [-0.3, -0.25) is 9.78 Å². The number of hydrogen-bond acceptors (Lipinski definition) is 7. The first-order valence-corrected chi connectivity index (χ1v) is 7.91. The lowest BCUT2D eigenvalue weighted by Crippen LogP contribution is -2.14. The monoisotopic (exact) mass is 348 g/mol. The Morgan fingerprint density at radius 2 is 1.88 bits per heavy atom. The Hall–Kier alpha value is -2.74. The van der Waals surface area contributed by atoms with Crippen LogP contribution in [0.1, 0.15) is 42.9 Å². The highest BCUT2D eigenvalue weighted by molar-refractivity contribution is 7.18. The van der Waals surface area contributed by atoms with Crippen LogP contribution in [-0.4, -0.2) is 36.5 Å². The first kappa shape index (κ1) is 17.6.